The summed E-state index contributed by atoms with van der Waals surface area (Å²) in [5.74, 6) is 5.97. The molecule has 5 nitrogen and oxygen atoms in total. The van der Waals surface area contributed by atoms with Crippen molar-refractivity contribution in [2.45, 2.75) is 31.3 Å². The van der Waals surface area contributed by atoms with Gasteiger partial charge in [-0.25, -0.2) is 9.18 Å². The first kappa shape index (κ1) is 15.6. The Bertz CT molecular complexity index is 871. The first-order valence-electron chi connectivity index (χ1n) is 8.31. The van der Waals surface area contributed by atoms with Crippen molar-refractivity contribution in [1.82, 2.24) is 15.1 Å². The summed E-state index contributed by atoms with van der Waals surface area (Å²) in [4.78, 5) is 16.0. The van der Waals surface area contributed by atoms with Gasteiger partial charge in [-0.1, -0.05) is 12.0 Å². The molecule has 0 bridgehead atoms. The minimum absolute atomic E-state index is 0.0254. The maximum absolute atomic E-state index is 13.2. The lowest BCUT2D eigenvalue weighted by molar-refractivity contribution is 0.218. The monoisotopic (exact) mass is 336 g/mol. The summed E-state index contributed by atoms with van der Waals surface area (Å²) < 4.78 is 13.2. The van der Waals surface area contributed by atoms with Crippen molar-refractivity contribution in [3.8, 4) is 11.8 Å². The molecule has 2 amide bonds. The van der Waals surface area contributed by atoms with E-state index in [0.29, 0.717) is 17.1 Å². The molecule has 1 aliphatic heterocycles. The molecule has 4 rings (SSSR count). The molecule has 2 fully saturated rings. The number of likely N-dealkylation sites (N-methyl/N-ethyl adjacent to an activating group) is 1. The Morgan fingerprint density at radius 1 is 1.12 bits per heavy atom. The number of anilines is 1. The Hall–Kier alpha value is -2.94. The molecular formula is C19H17FN4O. The predicted molar refractivity (Wildman–Crippen MR) is 91.5 cm³/mol. The van der Waals surface area contributed by atoms with Crippen LogP contribution in [-0.2, 0) is 0 Å². The SMILES string of the molecule is CN1C(=O)N(c2ccc(C#Cc3cccc(F)c3)nn2)[C@@H]2CCC[C@@H]21. The fourth-order valence-corrected chi connectivity index (χ4v) is 3.62. The molecular weight excluding hydrogens is 319 g/mol. The van der Waals surface area contributed by atoms with Crippen LogP contribution in [0.3, 0.4) is 0 Å². The smallest absolute Gasteiger partial charge is 0.322 e. The van der Waals surface area contributed by atoms with E-state index in [2.05, 4.69) is 22.0 Å². The van der Waals surface area contributed by atoms with Gasteiger partial charge in [0.1, 0.15) is 11.5 Å². The zero-order valence-electron chi connectivity index (χ0n) is 13.8. The van der Waals surface area contributed by atoms with E-state index < -0.39 is 0 Å². The fraction of sp³-hybridized carbons (Fsp3) is 0.316. The zero-order chi connectivity index (χ0) is 17.4. The van der Waals surface area contributed by atoms with Crippen LogP contribution in [-0.4, -0.2) is 40.3 Å². The van der Waals surface area contributed by atoms with Crippen LogP contribution in [0.2, 0.25) is 0 Å². The second-order valence-corrected chi connectivity index (χ2v) is 6.37. The van der Waals surface area contributed by atoms with E-state index in [0.717, 1.165) is 19.3 Å². The third-order valence-electron chi connectivity index (χ3n) is 4.84. The van der Waals surface area contributed by atoms with Crippen LogP contribution in [0.15, 0.2) is 36.4 Å². The van der Waals surface area contributed by atoms with E-state index in [-0.39, 0.29) is 23.9 Å². The molecule has 1 aromatic carbocycles. The van der Waals surface area contributed by atoms with Gasteiger partial charge in [-0.15, -0.1) is 10.2 Å². The minimum atomic E-state index is -0.323. The first-order chi connectivity index (χ1) is 12.1. The number of hydrogen-bond acceptors (Lipinski definition) is 3. The normalized spacial score (nSPS) is 21.9. The minimum Gasteiger partial charge on any atom is -0.322 e. The number of hydrogen-bond donors (Lipinski definition) is 0. The number of nitrogens with zero attached hydrogens (tertiary/aromatic N) is 4. The molecule has 25 heavy (non-hydrogen) atoms. The van der Waals surface area contributed by atoms with Gasteiger partial charge >= 0.3 is 6.03 Å². The zero-order valence-corrected chi connectivity index (χ0v) is 13.8. The lowest BCUT2D eigenvalue weighted by Crippen LogP contribution is -2.34. The highest BCUT2D eigenvalue weighted by molar-refractivity contribution is 5.94. The quantitative estimate of drug-likeness (QED) is 0.753. The summed E-state index contributed by atoms with van der Waals surface area (Å²) in [6.45, 7) is 0. The Morgan fingerprint density at radius 3 is 2.72 bits per heavy atom. The Balaban J connectivity index is 1.56. The van der Waals surface area contributed by atoms with Crippen LogP contribution in [0.4, 0.5) is 15.0 Å². The summed E-state index contributed by atoms with van der Waals surface area (Å²) in [6.07, 6.45) is 3.14. The second-order valence-electron chi connectivity index (χ2n) is 6.37. The highest BCUT2D eigenvalue weighted by Gasteiger charge is 2.47. The third kappa shape index (κ3) is 2.82. The van der Waals surface area contributed by atoms with Gasteiger partial charge in [0.25, 0.3) is 0 Å². The number of benzene rings is 1. The molecule has 1 saturated carbocycles. The summed E-state index contributed by atoms with van der Waals surface area (Å²) in [5, 5.41) is 8.29. The van der Waals surface area contributed by atoms with Crippen molar-refractivity contribution < 1.29 is 9.18 Å². The van der Waals surface area contributed by atoms with Gasteiger partial charge in [0, 0.05) is 12.6 Å². The van der Waals surface area contributed by atoms with Gasteiger partial charge in [0.05, 0.1) is 12.1 Å². The van der Waals surface area contributed by atoms with Crippen LogP contribution in [0.5, 0.6) is 0 Å². The van der Waals surface area contributed by atoms with Crippen LogP contribution in [0.25, 0.3) is 0 Å². The van der Waals surface area contributed by atoms with E-state index in [1.165, 1.54) is 12.1 Å². The highest BCUT2D eigenvalue weighted by Crippen LogP contribution is 2.36. The highest BCUT2D eigenvalue weighted by atomic mass is 19.1. The van der Waals surface area contributed by atoms with E-state index in [1.807, 2.05) is 7.05 Å². The summed E-state index contributed by atoms with van der Waals surface area (Å²) >= 11 is 0. The van der Waals surface area contributed by atoms with Gasteiger partial charge in [-0.2, -0.15) is 0 Å². The molecule has 2 heterocycles. The van der Waals surface area contributed by atoms with Crippen LogP contribution in [0.1, 0.15) is 30.5 Å². The lowest BCUT2D eigenvalue weighted by Gasteiger charge is -2.20. The standard InChI is InChI=1S/C19H17FN4O/c1-23-16-6-3-7-17(16)24(19(23)25)18-11-10-15(21-22-18)9-8-13-4-2-5-14(20)12-13/h2,4-5,10-12,16-17H,3,6-7H2,1H3/t16-,17+/m0/s1. The molecule has 1 aliphatic carbocycles. The molecule has 2 aliphatic rings. The Labute approximate surface area is 145 Å². The van der Waals surface area contributed by atoms with Crippen molar-refractivity contribution in [3.63, 3.8) is 0 Å². The van der Waals surface area contributed by atoms with Gasteiger partial charge in [0.2, 0.25) is 0 Å². The number of fused-ring (bicyclic) bond motifs is 1. The summed E-state index contributed by atoms with van der Waals surface area (Å²) in [7, 11) is 1.84. The van der Waals surface area contributed by atoms with E-state index >= 15 is 0 Å². The van der Waals surface area contributed by atoms with E-state index in [9.17, 15) is 9.18 Å². The molecule has 0 unspecified atom stereocenters. The summed E-state index contributed by atoms with van der Waals surface area (Å²) in [5.41, 5.74) is 1.06. The van der Waals surface area contributed by atoms with E-state index in [4.69, 9.17) is 0 Å². The maximum atomic E-state index is 13.2. The molecule has 2 aromatic rings. The van der Waals surface area contributed by atoms with Gasteiger partial charge in [-0.05, 0) is 55.5 Å². The number of carbonyl (C=O) groups is 1. The first-order valence-corrected chi connectivity index (χ1v) is 8.31. The second kappa shape index (κ2) is 6.17. The molecule has 0 N–H and O–H groups in total. The summed E-state index contributed by atoms with van der Waals surface area (Å²) in [6, 6.07) is 10.0. The van der Waals surface area contributed by atoms with Crippen molar-refractivity contribution in [3.05, 3.63) is 53.5 Å². The predicted octanol–water partition coefficient (Wildman–Crippen LogP) is 2.81. The maximum Gasteiger partial charge on any atom is 0.326 e. The number of aromatic nitrogens is 2. The average Bonchev–Trinajstić information content (AvgIpc) is 3.17. The Kier molecular flexibility index (Phi) is 3.85. The van der Waals surface area contributed by atoms with E-state index in [1.54, 1.807) is 34.1 Å². The molecule has 1 aromatic heterocycles. The van der Waals surface area contributed by atoms with Crippen molar-refractivity contribution in [1.29, 1.82) is 0 Å². The molecule has 126 valence electrons. The molecule has 0 radical (unpaired) electrons. The topological polar surface area (TPSA) is 49.3 Å². The lowest BCUT2D eigenvalue weighted by atomic mass is 10.2. The van der Waals surface area contributed by atoms with Gasteiger partial charge in [0.15, 0.2) is 5.82 Å². The van der Waals surface area contributed by atoms with Crippen LogP contribution >= 0.6 is 0 Å². The average molecular weight is 336 g/mol. The van der Waals surface area contributed by atoms with Gasteiger partial charge in [-0.3, -0.25) is 4.90 Å². The van der Waals surface area contributed by atoms with Gasteiger partial charge < -0.3 is 4.90 Å². The molecule has 1 saturated heterocycles. The number of carbonyl (C=O) groups excluding carboxylic acids is 1. The number of urea groups is 1. The fourth-order valence-electron chi connectivity index (χ4n) is 3.62. The molecule has 6 heteroatoms. The molecule has 2 atom stereocenters. The van der Waals surface area contributed by atoms with Crippen LogP contribution < -0.4 is 4.90 Å². The number of rotatable bonds is 1. The van der Waals surface area contributed by atoms with Crippen molar-refractivity contribution >= 4 is 11.8 Å². The van der Waals surface area contributed by atoms with Crippen LogP contribution in [0, 0.1) is 17.7 Å². The number of amides is 2. The van der Waals surface area contributed by atoms with Crippen molar-refractivity contribution in [2.24, 2.45) is 0 Å². The van der Waals surface area contributed by atoms with Crippen molar-refractivity contribution in [2.75, 3.05) is 11.9 Å². The number of halogens is 1. The Morgan fingerprint density at radius 2 is 1.96 bits per heavy atom. The third-order valence-corrected chi connectivity index (χ3v) is 4.84. The molecule has 0 spiro atoms. The largest absolute Gasteiger partial charge is 0.326 e.